The molecule has 0 atom stereocenters. The van der Waals surface area contributed by atoms with E-state index < -0.39 is 0 Å². The second-order valence-corrected chi connectivity index (χ2v) is 7.48. The van der Waals surface area contributed by atoms with E-state index >= 15 is 0 Å². The summed E-state index contributed by atoms with van der Waals surface area (Å²) in [7, 11) is 3.20. The van der Waals surface area contributed by atoms with Gasteiger partial charge in [0.1, 0.15) is 12.1 Å². The first kappa shape index (κ1) is 17.9. The topological polar surface area (TPSA) is 65.5 Å². The third-order valence-corrected chi connectivity index (χ3v) is 5.41. The molecule has 1 saturated carbocycles. The summed E-state index contributed by atoms with van der Waals surface area (Å²) < 4.78 is 20.1. The van der Waals surface area contributed by atoms with E-state index in [4.69, 9.17) is 14.2 Å². The van der Waals surface area contributed by atoms with Crippen LogP contribution < -0.4 is 18.9 Å². The molecule has 0 bridgehead atoms. The van der Waals surface area contributed by atoms with Crippen LogP contribution >= 0.6 is 11.9 Å². The van der Waals surface area contributed by atoms with E-state index in [9.17, 15) is 0 Å². The molecule has 140 valence electrons. The Labute approximate surface area is 162 Å². The summed E-state index contributed by atoms with van der Waals surface area (Å²) in [5, 5.41) is 1.57. The standard InChI is InChI=1S/C20H21N3O3S/c1-24-18-9-16-17(10-19(18)25-2)21-12-22-20(16)26-14-5-3-13(4-6-14)11-23-27-15-7-8-15/h3-6,9-10,12,15,23H,7-8,11H2,1-2H3. The highest BCUT2D eigenvalue weighted by Gasteiger charge is 2.21. The molecule has 0 spiro atoms. The molecule has 0 aliphatic heterocycles. The van der Waals surface area contributed by atoms with E-state index in [0.717, 1.165) is 28.4 Å². The third kappa shape index (κ3) is 4.26. The number of methoxy groups -OCH3 is 2. The van der Waals surface area contributed by atoms with Gasteiger partial charge in [-0.3, -0.25) is 4.72 Å². The van der Waals surface area contributed by atoms with Crippen molar-refractivity contribution in [2.45, 2.75) is 24.6 Å². The summed E-state index contributed by atoms with van der Waals surface area (Å²) in [4.78, 5) is 8.58. The van der Waals surface area contributed by atoms with Crippen LogP contribution in [0, 0.1) is 0 Å². The van der Waals surface area contributed by atoms with Gasteiger partial charge in [0.05, 0.1) is 25.1 Å². The van der Waals surface area contributed by atoms with Crippen molar-refractivity contribution in [3.63, 3.8) is 0 Å². The summed E-state index contributed by atoms with van der Waals surface area (Å²) in [5.74, 6) is 2.44. The molecule has 1 N–H and O–H groups in total. The Morgan fingerprint density at radius 3 is 2.48 bits per heavy atom. The van der Waals surface area contributed by atoms with Crippen LogP contribution in [0.25, 0.3) is 10.9 Å². The van der Waals surface area contributed by atoms with E-state index in [2.05, 4.69) is 26.8 Å². The number of nitrogens with zero attached hydrogens (tertiary/aromatic N) is 2. The monoisotopic (exact) mass is 383 g/mol. The smallest absolute Gasteiger partial charge is 0.230 e. The minimum absolute atomic E-state index is 0.483. The first-order valence-corrected chi connectivity index (χ1v) is 9.67. The molecule has 1 aromatic heterocycles. The summed E-state index contributed by atoms with van der Waals surface area (Å²) in [6, 6.07) is 11.7. The molecule has 1 aliphatic carbocycles. The summed E-state index contributed by atoms with van der Waals surface area (Å²) >= 11 is 1.83. The van der Waals surface area contributed by atoms with E-state index in [-0.39, 0.29) is 0 Å². The Balaban J connectivity index is 1.51. The molecule has 6 nitrogen and oxygen atoms in total. The molecule has 4 rings (SSSR count). The molecular formula is C20H21N3O3S. The van der Waals surface area contributed by atoms with Gasteiger partial charge < -0.3 is 14.2 Å². The number of fused-ring (bicyclic) bond motifs is 1. The fourth-order valence-corrected chi connectivity index (χ4v) is 3.51. The normalized spacial score (nSPS) is 13.6. The largest absolute Gasteiger partial charge is 0.493 e. The molecule has 2 aromatic carbocycles. The number of ether oxygens (including phenoxy) is 3. The van der Waals surface area contributed by atoms with Gasteiger partial charge >= 0.3 is 0 Å². The van der Waals surface area contributed by atoms with Crippen molar-refractivity contribution >= 4 is 22.9 Å². The predicted molar refractivity (Wildman–Crippen MR) is 107 cm³/mol. The average Bonchev–Trinajstić information content (AvgIpc) is 3.53. The maximum Gasteiger partial charge on any atom is 0.230 e. The van der Waals surface area contributed by atoms with Crippen molar-refractivity contribution in [3.05, 3.63) is 48.3 Å². The number of aromatic nitrogens is 2. The number of nitrogens with one attached hydrogen (secondary N) is 1. The number of hydrogen-bond acceptors (Lipinski definition) is 7. The van der Waals surface area contributed by atoms with Gasteiger partial charge in [-0.2, -0.15) is 0 Å². The minimum Gasteiger partial charge on any atom is -0.493 e. The lowest BCUT2D eigenvalue weighted by molar-refractivity contribution is 0.355. The minimum atomic E-state index is 0.483. The molecule has 1 heterocycles. The second-order valence-electron chi connectivity index (χ2n) is 6.29. The van der Waals surface area contributed by atoms with Gasteiger partial charge in [0, 0.05) is 17.9 Å². The van der Waals surface area contributed by atoms with E-state index in [1.54, 1.807) is 14.2 Å². The quantitative estimate of drug-likeness (QED) is 0.581. The van der Waals surface area contributed by atoms with Crippen molar-refractivity contribution < 1.29 is 14.2 Å². The van der Waals surface area contributed by atoms with E-state index in [1.807, 2.05) is 36.2 Å². The zero-order valence-corrected chi connectivity index (χ0v) is 16.1. The number of benzene rings is 2. The third-order valence-electron chi connectivity index (χ3n) is 4.29. The van der Waals surface area contributed by atoms with E-state index in [0.29, 0.717) is 17.4 Å². The SMILES string of the molecule is COc1cc2ncnc(Oc3ccc(CNSC4CC4)cc3)c2cc1OC. The molecular weight excluding hydrogens is 362 g/mol. The van der Waals surface area contributed by atoms with Crippen molar-refractivity contribution in [1.82, 2.24) is 14.7 Å². The number of hydrogen-bond donors (Lipinski definition) is 1. The Bertz CT molecular complexity index is 930. The van der Waals surface area contributed by atoms with Crippen LogP contribution in [0.3, 0.4) is 0 Å². The number of rotatable bonds is 8. The second kappa shape index (κ2) is 8.02. The lowest BCUT2D eigenvalue weighted by atomic mass is 10.2. The molecule has 7 heteroatoms. The summed E-state index contributed by atoms with van der Waals surface area (Å²) in [6.45, 7) is 0.842. The van der Waals surface area contributed by atoms with Gasteiger partial charge in [0.25, 0.3) is 0 Å². The zero-order valence-electron chi connectivity index (χ0n) is 15.3. The highest BCUT2D eigenvalue weighted by atomic mass is 32.2. The van der Waals surface area contributed by atoms with Crippen molar-refractivity contribution in [2.24, 2.45) is 0 Å². The maximum atomic E-state index is 6.00. The van der Waals surface area contributed by atoms with Crippen LogP contribution in [-0.4, -0.2) is 29.4 Å². The van der Waals surface area contributed by atoms with Gasteiger partial charge in [0.15, 0.2) is 11.5 Å². The van der Waals surface area contributed by atoms with Crippen LogP contribution in [0.5, 0.6) is 23.1 Å². The van der Waals surface area contributed by atoms with Crippen molar-refractivity contribution in [1.29, 1.82) is 0 Å². The molecule has 27 heavy (non-hydrogen) atoms. The molecule has 1 aliphatic rings. The molecule has 3 aromatic rings. The van der Waals surface area contributed by atoms with Gasteiger partial charge in [0.2, 0.25) is 5.88 Å². The van der Waals surface area contributed by atoms with Crippen LogP contribution in [0.2, 0.25) is 0 Å². The fraction of sp³-hybridized carbons (Fsp3) is 0.300. The Morgan fingerprint density at radius 1 is 1.04 bits per heavy atom. The molecule has 0 radical (unpaired) electrons. The van der Waals surface area contributed by atoms with E-state index in [1.165, 1.54) is 24.7 Å². The van der Waals surface area contributed by atoms with Gasteiger partial charge in [-0.15, -0.1) is 0 Å². The van der Waals surface area contributed by atoms with Gasteiger partial charge in [-0.05, 0) is 36.6 Å². The first-order valence-electron chi connectivity index (χ1n) is 8.79. The summed E-state index contributed by atoms with van der Waals surface area (Å²) in [5.41, 5.74) is 1.95. The molecule has 0 saturated heterocycles. The molecule has 0 unspecified atom stereocenters. The van der Waals surface area contributed by atoms with Crippen LogP contribution in [0.1, 0.15) is 18.4 Å². The average molecular weight is 383 g/mol. The fourth-order valence-electron chi connectivity index (χ4n) is 2.66. The highest BCUT2D eigenvalue weighted by molar-refractivity contribution is 7.98. The van der Waals surface area contributed by atoms with Crippen LogP contribution in [-0.2, 0) is 6.54 Å². The Kier molecular flexibility index (Phi) is 5.31. The maximum absolute atomic E-state index is 6.00. The van der Waals surface area contributed by atoms with Crippen LogP contribution in [0.4, 0.5) is 0 Å². The lowest BCUT2D eigenvalue weighted by Gasteiger charge is -2.11. The van der Waals surface area contributed by atoms with Gasteiger partial charge in [-0.25, -0.2) is 9.97 Å². The predicted octanol–water partition coefficient (Wildman–Crippen LogP) is 4.34. The van der Waals surface area contributed by atoms with Crippen molar-refractivity contribution in [3.8, 4) is 23.1 Å². The van der Waals surface area contributed by atoms with Crippen LogP contribution in [0.15, 0.2) is 42.7 Å². The lowest BCUT2D eigenvalue weighted by Crippen LogP contribution is -2.04. The Hall–Kier alpha value is -2.51. The zero-order chi connectivity index (χ0) is 18.6. The molecule has 0 amide bonds. The van der Waals surface area contributed by atoms with Gasteiger partial charge in [-0.1, -0.05) is 24.1 Å². The summed E-state index contributed by atoms with van der Waals surface area (Å²) in [6.07, 6.45) is 4.14. The molecule has 1 fully saturated rings. The highest BCUT2D eigenvalue weighted by Crippen LogP contribution is 2.36. The van der Waals surface area contributed by atoms with Crippen molar-refractivity contribution in [2.75, 3.05) is 14.2 Å². The first-order chi connectivity index (χ1) is 13.3. The Morgan fingerprint density at radius 2 is 1.78 bits per heavy atom.